The fourth-order valence-electron chi connectivity index (χ4n) is 5.08. The Morgan fingerprint density at radius 1 is 1.03 bits per heavy atom. The van der Waals surface area contributed by atoms with Gasteiger partial charge in [-0.2, -0.15) is 0 Å². The van der Waals surface area contributed by atoms with Gasteiger partial charge in [-0.15, -0.1) is 0 Å². The average Bonchev–Trinajstić information content (AvgIpc) is 3.57. The molecule has 34 heavy (non-hydrogen) atoms. The summed E-state index contributed by atoms with van der Waals surface area (Å²) in [5.41, 5.74) is 4.38. The molecule has 0 spiro atoms. The molecule has 0 N–H and O–H groups in total. The maximum atomic E-state index is 13.4. The number of aryl methyl sites for hydroxylation is 1. The molecule has 1 fully saturated rings. The maximum Gasteiger partial charge on any atom is 0.290 e. The monoisotopic (exact) mass is 458 g/mol. The molecule has 3 heterocycles. The number of ether oxygens (including phenoxy) is 1. The maximum absolute atomic E-state index is 13.4. The quantitative estimate of drug-likeness (QED) is 0.553. The fraction of sp³-hybridized carbons (Fsp3) is 0.357. The van der Waals surface area contributed by atoms with Gasteiger partial charge in [0.2, 0.25) is 0 Å². The third-order valence-corrected chi connectivity index (χ3v) is 6.77. The van der Waals surface area contributed by atoms with Gasteiger partial charge in [0.05, 0.1) is 12.3 Å². The van der Waals surface area contributed by atoms with Crippen LogP contribution in [0.3, 0.4) is 0 Å². The molecule has 2 aliphatic heterocycles. The molecule has 5 rings (SSSR count). The van der Waals surface area contributed by atoms with Gasteiger partial charge in [0.1, 0.15) is 5.75 Å². The smallest absolute Gasteiger partial charge is 0.290 e. The first-order valence-corrected chi connectivity index (χ1v) is 12.0. The van der Waals surface area contributed by atoms with Crippen molar-refractivity contribution in [3.8, 4) is 5.75 Å². The minimum atomic E-state index is -0.557. The van der Waals surface area contributed by atoms with Gasteiger partial charge in [-0.05, 0) is 74.1 Å². The van der Waals surface area contributed by atoms with E-state index in [0.717, 1.165) is 49.0 Å². The van der Waals surface area contributed by atoms with Gasteiger partial charge in [0.15, 0.2) is 11.9 Å². The number of nitrogens with zero attached hydrogens (tertiary/aromatic N) is 2. The van der Waals surface area contributed by atoms with Crippen molar-refractivity contribution >= 4 is 11.8 Å². The van der Waals surface area contributed by atoms with Crippen molar-refractivity contribution < 1.29 is 18.7 Å². The number of furan rings is 1. The molecule has 2 aliphatic rings. The summed E-state index contributed by atoms with van der Waals surface area (Å²) in [7, 11) is 0. The molecular weight excluding hydrogens is 428 g/mol. The molecule has 0 unspecified atom stereocenters. The van der Waals surface area contributed by atoms with Crippen LogP contribution in [0.2, 0.25) is 0 Å². The normalized spacial score (nSPS) is 18.5. The molecule has 2 aromatic carbocycles. The zero-order valence-electron chi connectivity index (χ0n) is 19.7. The first-order chi connectivity index (χ1) is 16.5. The summed E-state index contributed by atoms with van der Waals surface area (Å²) in [4.78, 5) is 29.9. The topological polar surface area (TPSA) is 63.0 Å². The minimum Gasteiger partial charge on any atom is -0.481 e. The van der Waals surface area contributed by atoms with E-state index in [1.807, 2.05) is 34.9 Å². The number of fused-ring (bicyclic) bond motifs is 1. The van der Waals surface area contributed by atoms with Crippen LogP contribution >= 0.6 is 0 Å². The molecule has 1 aromatic heterocycles. The minimum absolute atomic E-state index is 0.0279. The third kappa shape index (κ3) is 4.32. The van der Waals surface area contributed by atoms with Crippen molar-refractivity contribution in [3.05, 3.63) is 88.9 Å². The van der Waals surface area contributed by atoms with E-state index in [-0.39, 0.29) is 17.9 Å². The van der Waals surface area contributed by atoms with Gasteiger partial charge < -0.3 is 19.0 Å². The molecule has 0 bridgehead atoms. The molecule has 0 saturated carbocycles. The van der Waals surface area contributed by atoms with Gasteiger partial charge in [-0.1, -0.05) is 35.9 Å². The highest BCUT2D eigenvalue weighted by Gasteiger charge is 2.34. The Labute approximate surface area is 200 Å². The SMILES string of the molecule is Cc1cccc([C@H]2c3cc(O[C@H](C)C(=O)N4CCCC4)ccc3CCN2C(=O)c2ccco2)c1. The summed E-state index contributed by atoms with van der Waals surface area (Å²) >= 11 is 0. The summed E-state index contributed by atoms with van der Waals surface area (Å²) in [5, 5.41) is 0. The van der Waals surface area contributed by atoms with Gasteiger partial charge in [0.25, 0.3) is 11.8 Å². The predicted molar refractivity (Wildman–Crippen MR) is 129 cm³/mol. The van der Waals surface area contributed by atoms with E-state index in [4.69, 9.17) is 9.15 Å². The van der Waals surface area contributed by atoms with E-state index in [1.165, 1.54) is 11.8 Å². The summed E-state index contributed by atoms with van der Waals surface area (Å²) in [6.45, 7) is 6.06. The molecule has 1 saturated heterocycles. The number of amides is 2. The first kappa shape index (κ1) is 22.3. The Morgan fingerprint density at radius 2 is 1.85 bits per heavy atom. The third-order valence-electron chi connectivity index (χ3n) is 6.77. The van der Waals surface area contributed by atoms with E-state index in [9.17, 15) is 9.59 Å². The van der Waals surface area contributed by atoms with Crippen LogP contribution in [0.25, 0.3) is 0 Å². The summed E-state index contributed by atoms with van der Waals surface area (Å²) in [6, 6.07) is 17.4. The van der Waals surface area contributed by atoms with Gasteiger partial charge >= 0.3 is 0 Å². The second-order valence-corrected chi connectivity index (χ2v) is 9.20. The van der Waals surface area contributed by atoms with Crippen LogP contribution in [0.5, 0.6) is 5.75 Å². The van der Waals surface area contributed by atoms with Crippen LogP contribution < -0.4 is 4.74 Å². The highest BCUT2D eigenvalue weighted by Crippen LogP contribution is 2.38. The Hall–Kier alpha value is -3.54. The van der Waals surface area contributed by atoms with Crippen molar-refractivity contribution in [2.75, 3.05) is 19.6 Å². The highest BCUT2D eigenvalue weighted by atomic mass is 16.5. The van der Waals surface area contributed by atoms with Crippen LogP contribution in [0.1, 0.15) is 58.6 Å². The number of carbonyl (C=O) groups is 2. The van der Waals surface area contributed by atoms with Crippen molar-refractivity contribution in [2.45, 2.75) is 45.3 Å². The summed E-state index contributed by atoms with van der Waals surface area (Å²) in [5.74, 6) is 0.869. The molecule has 6 heteroatoms. The number of hydrogen-bond donors (Lipinski definition) is 0. The van der Waals surface area contributed by atoms with E-state index >= 15 is 0 Å². The molecular formula is C28H30N2O4. The lowest BCUT2D eigenvalue weighted by molar-refractivity contribution is -0.136. The van der Waals surface area contributed by atoms with E-state index < -0.39 is 6.10 Å². The largest absolute Gasteiger partial charge is 0.481 e. The van der Waals surface area contributed by atoms with Gasteiger partial charge in [0, 0.05) is 19.6 Å². The van der Waals surface area contributed by atoms with Crippen molar-refractivity contribution in [1.82, 2.24) is 9.80 Å². The molecule has 176 valence electrons. The van der Waals surface area contributed by atoms with Crippen LogP contribution in [-0.4, -0.2) is 47.4 Å². The lowest BCUT2D eigenvalue weighted by Crippen LogP contribution is -2.40. The molecule has 3 aromatic rings. The number of carbonyl (C=O) groups excluding carboxylic acids is 2. The predicted octanol–water partition coefficient (Wildman–Crippen LogP) is 4.77. The molecule has 0 aliphatic carbocycles. The molecule has 6 nitrogen and oxygen atoms in total. The van der Waals surface area contributed by atoms with Crippen molar-refractivity contribution in [1.29, 1.82) is 0 Å². The van der Waals surface area contributed by atoms with E-state index in [2.05, 4.69) is 31.2 Å². The first-order valence-electron chi connectivity index (χ1n) is 12.0. The van der Waals surface area contributed by atoms with Gasteiger partial charge in [-0.3, -0.25) is 9.59 Å². The second kappa shape index (κ2) is 9.37. The number of hydrogen-bond acceptors (Lipinski definition) is 4. The number of likely N-dealkylation sites (tertiary alicyclic amines) is 1. The standard InChI is InChI=1S/C28H30N2O4/c1-19-7-5-8-22(17-19)26-24-18-23(34-20(2)27(31)29-13-3-4-14-29)11-10-21(24)12-15-30(26)28(32)25-9-6-16-33-25/h5-11,16-18,20,26H,3-4,12-15H2,1-2H3/t20-,26+/m1/s1. The lowest BCUT2D eigenvalue weighted by Gasteiger charge is -2.37. The lowest BCUT2D eigenvalue weighted by atomic mass is 9.87. The number of rotatable bonds is 5. The molecule has 0 radical (unpaired) electrons. The highest BCUT2D eigenvalue weighted by molar-refractivity contribution is 5.92. The molecule has 2 amide bonds. The Balaban J connectivity index is 1.49. The van der Waals surface area contributed by atoms with E-state index in [1.54, 1.807) is 12.1 Å². The zero-order valence-corrected chi connectivity index (χ0v) is 19.7. The summed E-state index contributed by atoms with van der Waals surface area (Å²) in [6.07, 6.45) is 3.81. The molecule has 2 atom stereocenters. The number of benzene rings is 2. The second-order valence-electron chi connectivity index (χ2n) is 9.20. The Kier molecular flexibility index (Phi) is 6.14. The van der Waals surface area contributed by atoms with E-state index in [0.29, 0.717) is 18.1 Å². The van der Waals surface area contributed by atoms with Crippen LogP contribution in [0.15, 0.2) is 65.3 Å². The van der Waals surface area contributed by atoms with Crippen molar-refractivity contribution in [2.24, 2.45) is 0 Å². The Bertz CT molecular complexity index is 1180. The van der Waals surface area contributed by atoms with Crippen LogP contribution in [0.4, 0.5) is 0 Å². The summed E-state index contributed by atoms with van der Waals surface area (Å²) < 4.78 is 11.6. The average molecular weight is 459 g/mol. The van der Waals surface area contributed by atoms with Crippen LogP contribution in [-0.2, 0) is 11.2 Å². The van der Waals surface area contributed by atoms with Crippen molar-refractivity contribution in [3.63, 3.8) is 0 Å². The fourth-order valence-corrected chi connectivity index (χ4v) is 5.08. The van der Waals surface area contributed by atoms with Gasteiger partial charge in [-0.25, -0.2) is 0 Å². The zero-order chi connectivity index (χ0) is 23.7. The van der Waals surface area contributed by atoms with Crippen LogP contribution in [0, 0.1) is 6.92 Å². The Morgan fingerprint density at radius 3 is 2.59 bits per heavy atom.